The summed E-state index contributed by atoms with van der Waals surface area (Å²) in [6.45, 7) is 4.60. The smallest absolute Gasteiger partial charge is 0.338 e. The summed E-state index contributed by atoms with van der Waals surface area (Å²) in [6.07, 6.45) is 1.11. The van der Waals surface area contributed by atoms with Crippen LogP contribution in [-0.2, 0) is 25.7 Å². The fourth-order valence-electron chi connectivity index (χ4n) is 3.41. The summed E-state index contributed by atoms with van der Waals surface area (Å²) in [6, 6.07) is 14.1. The monoisotopic (exact) mass is 422 g/mol. The van der Waals surface area contributed by atoms with Gasteiger partial charge in [-0.15, -0.1) is 0 Å². The van der Waals surface area contributed by atoms with E-state index in [1.165, 1.54) is 12.1 Å². The van der Waals surface area contributed by atoms with Gasteiger partial charge in [0.25, 0.3) is 5.91 Å². The molecule has 3 rings (SSSR count). The molecule has 0 unspecified atom stereocenters. The molecule has 1 aliphatic heterocycles. The molecule has 7 heteroatoms. The number of hydrogen-bond donors (Lipinski definition) is 0. The van der Waals surface area contributed by atoms with E-state index in [0.29, 0.717) is 18.8 Å². The van der Waals surface area contributed by atoms with E-state index in [9.17, 15) is 19.2 Å². The van der Waals surface area contributed by atoms with Crippen LogP contribution in [0.15, 0.2) is 48.5 Å². The second-order valence-corrected chi connectivity index (χ2v) is 7.55. The van der Waals surface area contributed by atoms with Crippen LogP contribution in [-0.4, -0.2) is 41.7 Å². The third-order valence-electron chi connectivity index (χ3n) is 5.06. The number of aryl methyl sites for hydroxylation is 1. The van der Waals surface area contributed by atoms with Crippen LogP contribution in [0.2, 0.25) is 0 Å². The first-order chi connectivity index (χ1) is 14.9. The topological polar surface area (TPSA) is 84.0 Å². The molecule has 1 saturated heterocycles. The zero-order valence-corrected chi connectivity index (χ0v) is 17.8. The Kier molecular flexibility index (Phi) is 7.18. The molecule has 0 saturated carbocycles. The van der Waals surface area contributed by atoms with Gasteiger partial charge in [0, 0.05) is 25.9 Å². The molecule has 0 radical (unpaired) electrons. The van der Waals surface area contributed by atoms with Crippen molar-refractivity contribution in [2.24, 2.45) is 0 Å². The minimum atomic E-state index is -0.680. The second-order valence-electron chi connectivity index (χ2n) is 7.55. The number of carbonyl (C=O) groups is 4. The van der Waals surface area contributed by atoms with Gasteiger partial charge in [-0.2, -0.15) is 0 Å². The average molecular weight is 422 g/mol. The van der Waals surface area contributed by atoms with Crippen LogP contribution in [0, 0.1) is 6.92 Å². The Morgan fingerprint density at radius 1 is 1.03 bits per heavy atom. The summed E-state index contributed by atoms with van der Waals surface area (Å²) in [5, 5.41) is 0. The molecule has 31 heavy (non-hydrogen) atoms. The number of benzene rings is 2. The molecule has 0 aliphatic carbocycles. The predicted molar refractivity (Wildman–Crippen MR) is 115 cm³/mol. The molecule has 7 nitrogen and oxygen atoms in total. The van der Waals surface area contributed by atoms with E-state index in [-0.39, 0.29) is 42.7 Å². The van der Waals surface area contributed by atoms with Gasteiger partial charge in [-0.25, -0.2) is 4.79 Å². The number of esters is 1. The van der Waals surface area contributed by atoms with Crippen LogP contribution in [0.25, 0.3) is 0 Å². The molecule has 1 heterocycles. The number of ether oxygens (including phenoxy) is 1. The number of imide groups is 1. The number of hydrogen-bond acceptors (Lipinski definition) is 5. The van der Waals surface area contributed by atoms with Crippen molar-refractivity contribution >= 4 is 29.4 Å². The summed E-state index contributed by atoms with van der Waals surface area (Å²) in [5.74, 6) is -1.55. The minimum Gasteiger partial charge on any atom is -0.452 e. The molecule has 0 atom stereocenters. The normalized spacial score (nSPS) is 13.4. The van der Waals surface area contributed by atoms with E-state index in [0.717, 1.165) is 22.4 Å². The first-order valence-corrected chi connectivity index (χ1v) is 10.4. The number of rotatable bonds is 8. The lowest BCUT2D eigenvalue weighted by molar-refractivity contribution is -0.135. The molecule has 1 fully saturated rings. The maximum absolute atomic E-state index is 12.7. The molecule has 2 aromatic carbocycles. The Morgan fingerprint density at radius 3 is 2.35 bits per heavy atom. The highest BCUT2D eigenvalue weighted by Gasteiger charge is 2.30. The second kappa shape index (κ2) is 10.0. The third-order valence-corrected chi connectivity index (χ3v) is 5.06. The molecule has 0 bridgehead atoms. The molecule has 0 N–H and O–H groups in total. The maximum Gasteiger partial charge on any atom is 0.338 e. The van der Waals surface area contributed by atoms with Gasteiger partial charge in [-0.3, -0.25) is 19.3 Å². The van der Waals surface area contributed by atoms with E-state index < -0.39 is 5.97 Å². The zero-order chi connectivity index (χ0) is 22.4. The largest absolute Gasteiger partial charge is 0.452 e. The van der Waals surface area contributed by atoms with E-state index in [2.05, 4.69) is 0 Å². The molecule has 0 aromatic heterocycles. The lowest BCUT2D eigenvalue weighted by Gasteiger charge is -2.22. The van der Waals surface area contributed by atoms with Crippen LogP contribution < -0.4 is 4.90 Å². The van der Waals surface area contributed by atoms with Crippen molar-refractivity contribution in [3.05, 3.63) is 65.2 Å². The minimum absolute atomic E-state index is 0.163. The lowest BCUT2D eigenvalue weighted by atomic mass is 10.1. The SMILES string of the molecule is CCCN(Cc1ccc(C)cc1)C(=O)COC(=O)c1cccc(N2C(=O)CCC2=O)c1. The molecule has 0 spiro atoms. The highest BCUT2D eigenvalue weighted by Crippen LogP contribution is 2.23. The third kappa shape index (κ3) is 5.57. The molecule has 162 valence electrons. The van der Waals surface area contributed by atoms with Crippen molar-refractivity contribution < 1.29 is 23.9 Å². The number of carbonyl (C=O) groups excluding carboxylic acids is 4. The van der Waals surface area contributed by atoms with Crippen molar-refractivity contribution in [3.63, 3.8) is 0 Å². The number of nitrogens with zero attached hydrogens (tertiary/aromatic N) is 2. The van der Waals surface area contributed by atoms with Gasteiger partial charge >= 0.3 is 5.97 Å². The zero-order valence-electron chi connectivity index (χ0n) is 17.8. The highest BCUT2D eigenvalue weighted by atomic mass is 16.5. The van der Waals surface area contributed by atoms with Crippen LogP contribution in [0.3, 0.4) is 0 Å². The van der Waals surface area contributed by atoms with E-state index in [1.807, 2.05) is 38.1 Å². The summed E-state index contributed by atoms with van der Waals surface area (Å²) in [4.78, 5) is 51.7. The Bertz CT molecular complexity index is 968. The van der Waals surface area contributed by atoms with Crippen molar-refractivity contribution in [3.8, 4) is 0 Å². The van der Waals surface area contributed by atoms with E-state index in [1.54, 1.807) is 17.0 Å². The van der Waals surface area contributed by atoms with Gasteiger partial charge in [0.1, 0.15) is 0 Å². The predicted octanol–water partition coefficient (Wildman–Crippen LogP) is 3.24. The van der Waals surface area contributed by atoms with Gasteiger partial charge in [-0.1, -0.05) is 42.8 Å². The standard InChI is InChI=1S/C24H26N2O5/c1-3-13-25(15-18-9-7-17(2)8-10-18)23(29)16-31-24(30)19-5-4-6-20(14-19)26-21(27)11-12-22(26)28/h4-10,14H,3,11-13,15-16H2,1-2H3. The highest BCUT2D eigenvalue weighted by molar-refractivity contribution is 6.20. The summed E-state index contributed by atoms with van der Waals surface area (Å²) >= 11 is 0. The molecule has 2 aromatic rings. The van der Waals surface area contributed by atoms with Crippen LogP contribution in [0.5, 0.6) is 0 Å². The molecular formula is C24H26N2O5. The average Bonchev–Trinajstić information content (AvgIpc) is 3.11. The van der Waals surface area contributed by atoms with Gasteiger partial charge < -0.3 is 9.64 Å². The summed E-state index contributed by atoms with van der Waals surface area (Å²) in [5.41, 5.74) is 2.66. The van der Waals surface area contributed by atoms with Crippen molar-refractivity contribution in [2.75, 3.05) is 18.1 Å². The summed E-state index contributed by atoms with van der Waals surface area (Å²) in [7, 11) is 0. The van der Waals surface area contributed by atoms with Gasteiger partial charge in [0.15, 0.2) is 6.61 Å². The van der Waals surface area contributed by atoms with Crippen LogP contribution >= 0.6 is 0 Å². The quantitative estimate of drug-likeness (QED) is 0.482. The fourth-order valence-corrected chi connectivity index (χ4v) is 3.41. The van der Waals surface area contributed by atoms with Crippen LogP contribution in [0.1, 0.15) is 47.7 Å². The fraction of sp³-hybridized carbons (Fsp3) is 0.333. The number of amides is 3. The van der Waals surface area contributed by atoms with Gasteiger partial charge in [0.05, 0.1) is 11.3 Å². The molecular weight excluding hydrogens is 396 g/mol. The van der Waals surface area contributed by atoms with Crippen molar-refractivity contribution in [2.45, 2.75) is 39.7 Å². The van der Waals surface area contributed by atoms with E-state index in [4.69, 9.17) is 4.74 Å². The molecule has 3 amide bonds. The van der Waals surface area contributed by atoms with Gasteiger partial charge in [0.2, 0.25) is 11.8 Å². The summed E-state index contributed by atoms with van der Waals surface area (Å²) < 4.78 is 5.23. The van der Waals surface area contributed by atoms with Crippen LogP contribution in [0.4, 0.5) is 5.69 Å². The first kappa shape index (κ1) is 22.2. The Balaban J connectivity index is 1.62. The Hall–Kier alpha value is -3.48. The van der Waals surface area contributed by atoms with Gasteiger partial charge in [-0.05, 0) is 37.1 Å². The Labute approximate surface area is 181 Å². The van der Waals surface area contributed by atoms with E-state index >= 15 is 0 Å². The Morgan fingerprint density at radius 2 is 1.71 bits per heavy atom. The number of anilines is 1. The maximum atomic E-state index is 12.7. The first-order valence-electron chi connectivity index (χ1n) is 10.4. The molecule has 1 aliphatic rings. The van der Waals surface area contributed by atoms with Crippen molar-refractivity contribution in [1.29, 1.82) is 0 Å². The lowest BCUT2D eigenvalue weighted by Crippen LogP contribution is -2.35. The van der Waals surface area contributed by atoms with Crippen molar-refractivity contribution in [1.82, 2.24) is 4.90 Å².